The SMILES string of the molecule is CC(NC(=O)C(=O)N1CCCCC1)c1nncn1C. The van der Waals surface area contributed by atoms with Gasteiger partial charge in [0.15, 0.2) is 5.82 Å². The smallest absolute Gasteiger partial charge is 0.311 e. The third-order valence-electron chi connectivity index (χ3n) is 3.32. The quantitative estimate of drug-likeness (QED) is 0.764. The summed E-state index contributed by atoms with van der Waals surface area (Å²) in [5.41, 5.74) is 0. The average Bonchev–Trinajstić information content (AvgIpc) is 2.85. The number of aromatic nitrogens is 3. The number of amides is 2. The summed E-state index contributed by atoms with van der Waals surface area (Å²) in [7, 11) is 1.80. The first kappa shape index (κ1) is 13.5. The van der Waals surface area contributed by atoms with Gasteiger partial charge in [0, 0.05) is 20.1 Å². The van der Waals surface area contributed by atoms with Crippen LogP contribution < -0.4 is 5.32 Å². The van der Waals surface area contributed by atoms with E-state index in [1.54, 1.807) is 29.8 Å². The topological polar surface area (TPSA) is 80.1 Å². The van der Waals surface area contributed by atoms with Crippen LogP contribution in [0.4, 0.5) is 0 Å². The zero-order chi connectivity index (χ0) is 13.8. The lowest BCUT2D eigenvalue weighted by Gasteiger charge is -2.26. The van der Waals surface area contributed by atoms with E-state index >= 15 is 0 Å². The summed E-state index contributed by atoms with van der Waals surface area (Å²) < 4.78 is 1.72. The molecule has 0 aromatic carbocycles. The highest BCUT2D eigenvalue weighted by Gasteiger charge is 2.25. The van der Waals surface area contributed by atoms with Crippen molar-refractivity contribution in [2.75, 3.05) is 13.1 Å². The molecular weight excluding hydrogens is 246 g/mol. The Morgan fingerprint density at radius 2 is 2.00 bits per heavy atom. The molecule has 1 aliphatic rings. The highest BCUT2D eigenvalue weighted by Crippen LogP contribution is 2.10. The van der Waals surface area contributed by atoms with Crippen LogP contribution in [0.15, 0.2) is 6.33 Å². The Morgan fingerprint density at radius 3 is 2.58 bits per heavy atom. The lowest BCUT2D eigenvalue weighted by Crippen LogP contribution is -2.46. The van der Waals surface area contributed by atoms with Crippen molar-refractivity contribution in [3.63, 3.8) is 0 Å². The first-order valence-corrected chi connectivity index (χ1v) is 6.53. The van der Waals surface area contributed by atoms with Gasteiger partial charge in [0.2, 0.25) is 0 Å². The lowest BCUT2D eigenvalue weighted by atomic mass is 10.1. The molecule has 1 aromatic rings. The summed E-state index contributed by atoms with van der Waals surface area (Å²) in [4.78, 5) is 25.5. The van der Waals surface area contributed by atoms with Gasteiger partial charge >= 0.3 is 11.8 Å². The van der Waals surface area contributed by atoms with Gasteiger partial charge in [-0.3, -0.25) is 9.59 Å². The normalized spacial score (nSPS) is 17.1. The first-order chi connectivity index (χ1) is 9.09. The number of hydrogen-bond acceptors (Lipinski definition) is 4. The minimum atomic E-state index is -0.572. The van der Waals surface area contributed by atoms with Crippen LogP contribution in [0.3, 0.4) is 0 Å². The van der Waals surface area contributed by atoms with E-state index in [-0.39, 0.29) is 6.04 Å². The molecule has 1 atom stereocenters. The predicted molar refractivity (Wildman–Crippen MR) is 68.0 cm³/mol. The Morgan fingerprint density at radius 1 is 1.32 bits per heavy atom. The van der Waals surface area contributed by atoms with Crippen LogP contribution in [-0.2, 0) is 16.6 Å². The van der Waals surface area contributed by atoms with Crippen molar-refractivity contribution >= 4 is 11.8 Å². The summed E-state index contributed by atoms with van der Waals surface area (Å²) in [5.74, 6) is -0.397. The van der Waals surface area contributed by atoms with Gasteiger partial charge in [-0.2, -0.15) is 0 Å². The monoisotopic (exact) mass is 265 g/mol. The van der Waals surface area contributed by atoms with Crippen molar-refractivity contribution < 1.29 is 9.59 Å². The van der Waals surface area contributed by atoms with Crippen LogP contribution in [0.25, 0.3) is 0 Å². The van der Waals surface area contributed by atoms with Gasteiger partial charge in [-0.15, -0.1) is 10.2 Å². The van der Waals surface area contributed by atoms with E-state index in [1.165, 1.54) is 0 Å². The molecule has 104 valence electrons. The molecule has 1 unspecified atom stereocenters. The molecule has 0 bridgehead atoms. The number of hydrogen-bond donors (Lipinski definition) is 1. The minimum absolute atomic E-state index is 0.339. The molecule has 1 fully saturated rings. The molecule has 0 aliphatic carbocycles. The van der Waals surface area contributed by atoms with Crippen LogP contribution >= 0.6 is 0 Å². The largest absolute Gasteiger partial charge is 0.338 e. The van der Waals surface area contributed by atoms with E-state index < -0.39 is 11.8 Å². The molecule has 1 N–H and O–H groups in total. The summed E-state index contributed by atoms with van der Waals surface area (Å²) >= 11 is 0. The molecule has 0 saturated carbocycles. The number of nitrogens with one attached hydrogen (secondary N) is 1. The summed E-state index contributed by atoms with van der Waals surface area (Å²) in [6.07, 6.45) is 4.63. The molecule has 2 rings (SSSR count). The van der Waals surface area contributed by atoms with Crippen molar-refractivity contribution in [1.82, 2.24) is 25.0 Å². The molecule has 2 amide bonds. The van der Waals surface area contributed by atoms with Gasteiger partial charge in [-0.1, -0.05) is 0 Å². The molecule has 1 aromatic heterocycles. The van der Waals surface area contributed by atoms with Gasteiger partial charge in [0.25, 0.3) is 0 Å². The maximum absolute atomic E-state index is 12.0. The number of aryl methyl sites for hydroxylation is 1. The maximum atomic E-state index is 12.0. The standard InChI is InChI=1S/C12H19N5O2/c1-9(10-15-13-8-16(10)2)14-11(18)12(19)17-6-4-3-5-7-17/h8-9H,3-7H2,1-2H3,(H,14,18). The summed E-state index contributed by atoms with van der Waals surface area (Å²) in [5, 5.41) is 10.3. The molecule has 19 heavy (non-hydrogen) atoms. The Kier molecular flexibility index (Phi) is 4.13. The van der Waals surface area contributed by atoms with E-state index in [1.807, 2.05) is 0 Å². The summed E-state index contributed by atoms with van der Waals surface area (Å²) in [6.45, 7) is 3.13. The Labute approximate surface area is 112 Å². The van der Waals surface area contributed by atoms with Gasteiger partial charge in [0.1, 0.15) is 6.33 Å². The molecule has 0 spiro atoms. The minimum Gasteiger partial charge on any atom is -0.338 e. The number of likely N-dealkylation sites (tertiary alicyclic amines) is 1. The molecule has 2 heterocycles. The number of carbonyl (C=O) groups is 2. The molecular formula is C12H19N5O2. The molecule has 7 heteroatoms. The van der Waals surface area contributed by atoms with Crippen LogP contribution in [-0.4, -0.2) is 44.6 Å². The fourth-order valence-electron chi connectivity index (χ4n) is 2.25. The second-order valence-electron chi connectivity index (χ2n) is 4.85. The second kappa shape index (κ2) is 5.81. The molecule has 7 nitrogen and oxygen atoms in total. The fourth-order valence-corrected chi connectivity index (χ4v) is 2.25. The number of rotatable bonds is 2. The number of piperidine rings is 1. The van der Waals surface area contributed by atoms with Crippen LogP contribution in [0, 0.1) is 0 Å². The van der Waals surface area contributed by atoms with Gasteiger partial charge in [-0.05, 0) is 26.2 Å². The van der Waals surface area contributed by atoms with Crippen LogP contribution in [0.1, 0.15) is 38.1 Å². The molecule has 1 aliphatic heterocycles. The van der Waals surface area contributed by atoms with Crippen molar-refractivity contribution in [3.8, 4) is 0 Å². The highest BCUT2D eigenvalue weighted by molar-refractivity contribution is 6.35. The van der Waals surface area contributed by atoms with Gasteiger partial charge in [-0.25, -0.2) is 0 Å². The lowest BCUT2D eigenvalue weighted by molar-refractivity contribution is -0.146. The van der Waals surface area contributed by atoms with Crippen molar-refractivity contribution in [1.29, 1.82) is 0 Å². The molecule has 1 saturated heterocycles. The Balaban J connectivity index is 1.93. The third-order valence-corrected chi connectivity index (χ3v) is 3.32. The zero-order valence-electron chi connectivity index (χ0n) is 11.3. The van der Waals surface area contributed by atoms with Crippen molar-refractivity contribution in [3.05, 3.63) is 12.2 Å². The zero-order valence-corrected chi connectivity index (χ0v) is 11.3. The Hall–Kier alpha value is -1.92. The van der Waals surface area contributed by atoms with Crippen molar-refractivity contribution in [2.24, 2.45) is 7.05 Å². The predicted octanol–water partition coefficient (Wildman–Crippen LogP) is 0.00480. The first-order valence-electron chi connectivity index (χ1n) is 6.53. The maximum Gasteiger partial charge on any atom is 0.311 e. The number of carbonyl (C=O) groups excluding carboxylic acids is 2. The van der Waals surface area contributed by atoms with Crippen molar-refractivity contribution in [2.45, 2.75) is 32.2 Å². The summed E-state index contributed by atoms with van der Waals surface area (Å²) in [6, 6.07) is -0.339. The third kappa shape index (κ3) is 3.10. The van der Waals surface area contributed by atoms with Crippen LogP contribution in [0.2, 0.25) is 0 Å². The van der Waals surface area contributed by atoms with E-state index in [4.69, 9.17) is 0 Å². The van der Waals surface area contributed by atoms with E-state index in [9.17, 15) is 9.59 Å². The van der Waals surface area contributed by atoms with Gasteiger partial charge < -0.3 is 14.8 Å². The van der Waals surface area contributed by atoms with Crippen LogP contribution in [0.5, 0.6) is 0 Å². The highest BCUT2D eigenvalue weighted by atomic mass is 16.2. The van der Waals surface area contributed by atoms with E-state index in [0.29, 0.717) is 18.9 Å². The number of nitrogens with zero attached hydrogens (tertiary/aromatic N) is 4. The Bertz CT molecular complexity index is 464. The van der Waals surface area contributed by atoms with E-state index in [0.717, 1.165) is 19.3 Å². The second-order valence-corrected chi connectivity index (χ2v) is 4.85. The fraction of sp³-hybridized carbons (Fsp3) is 0.667. The molecule has 0 radical (unpaired) electrons. The van der Waals surface area contributed by atoms with E-state index in [2.05, 4.69) is 15.5 Å². The van der Waals surface area contributed by atoms with Gasteiger partial charge in [0.05, 0.1) is 6.04 Å². The average molecular weight is 265 g/mol.